The van der Waals surface area contributed by atoms with Gasteiger partial charge in [0.15, 0.2) is 0 Å². The predicted octanol–water partition coefficient (Wildman–Crippen LogP) is 2.04. The Balaban J connectivity index is 2.05. The molecule has 1 aliphatic rings. The van der Waals surface area contributed by atoms with Crippen molar-refractivity contribution < 1.29 is 0 Å². The van der Waals surface area contributed by atoms with Gasteiger partial charge in [-0.3, -0.25) is 9.97 Å². The Morgan fingerprint density at radius 3 is 2.60 bits per heavy atom. The first-order chi connectivity index (χ1) is 7.34. The zero-order valence-electron chi connectivity index (χ0n) is 8.43. The van der Waals surface area contributed by atoms with Gasteiger partial charge < -0.3 is 5.73 Å². The topological polar surface area (TPSA) is 51.8 Å². The van der Waals surface area contributed by atoms with Crippen LogP contribution in [0.25, 0.3) is 11.0 Å². The summed E-state index contributed by atoms with van der Waals surface area (Å²) in [6, 6.07) is 6.31. The summed E-state index contributed by atoms with van der Waals surface area (Å²) in [6.45, 7) is 0. The Bertz CT molecular complexity index is 491. The van der Waals surface area contributed by atoms with E-state index < -0.39 is 0 Å². The number of fused-ring (bicyclic) bond motifs is 1. The molecule has 0 saturated heterocycles. The SMILES string of the molecule is NC(c1ccc2nccnc2c1)C1CC1. The summed E-state index contributed by atoms with van der Waals surface area (Å²) in [5.74, 6) is 0.680. The third-order valence-corrected chi connectivity index (χ3v) is 3.01. The van der Waals surface area contributed by atoms with E-state index in [2.05, 4.69) is 22.1 Å². The van der Waals surface area contributed by atoms with Gasteiger partial charge in [-0.2, -0.15) is 0 Å². The van der Waals surface area contributed by atoms with Gasteiger partial charge in [0.05, 0.1) is 11.0 Å². The highest BCUT2D eigenvalue weighted by Crippen LogP contribution is 2.39. The fraction of sp³-hybridized carbons (Fsp3) is 0.333. The average Bonchev–Trinajstić information content (AvgIpc) is 3.11. The van der Waals surface area contributed by atoms with E-state index in [-0.39, 0.29) is 6.04 Å². The van der Waals surface area contributed by atoms with Gasteiger partial charge in [0.25, 0.3) is 0 Å². The van der Waals surface area contributed by atoms with Gasteiger partial charge in [0.1, 0.15) is 0 Å². The van der Waals surface area contributed by atoms with Crippen LogP contribution >= 0.6 is 0 Å². The summed E-state index contributed by atoms with van der Waals surface area (Å²) in [4.78, 5) is 8.52. The highest BCUT2D eigenvalue weighted by Gasteiger charge is 2.29. The van der Waals surface area contributed by atoms with E-state index >= 15 is 0 Å². The van der Waals surface area contributed by atoms with Gasteiger partial charge >= 0.3 is 0 Å². The van der Waals surface area contributed by atoms with Crippen LogP contribution in [0.5, 0.6) is 0 Å². The molecule has 1 atom stereocenters. The quantitative estimate of drug-likeness (QED) is 0.805. The number of hydrogen-bond acceptors (Lipinski definition) is 3. The third-order valence-electron chi connectivity index (χ3n) is 3.01. The van der Waals surface area contributed by atoms with Gasteiger partial charge in [-0.15, -0.1) is 0 Å². The standard InChI is InChI=1S/C12H13N3/c13-12(8-1-2-8)9-3-4-10-11(7-9)15-6-5-14-10/h3-8,12H,1-2,13H2. The zero-order chi connectivity index (χ0) is 10.3. The van der Waals surface area contributed by atoms with E-state index in [0.717, 1.165) is 11.0 Å². The fourth-order valence-corrected chi connectivity index (χ4v) is 1.92. The molecule has 15 heavy (non-hydrogen) atoms. The van der Waals surface area contributed by atoms with Crippen LogP contribution in [0.3, 0.4) is 0 Å². The maximum atomic E-state index is 6.14. The Morgan fingerprint density at radius 2 is 1.87 bits per heavy atom. The van der Waals surface area contributed by atoms with Gasteiger partial charge in [-0.25, -0.2) is 0 Å². The van der Waals surface area contributed by atoms with Crippen molar-refractivity contribution in [1.82, 2.24) is 9.97 Å². The number of benzene rings is 1. The molecule has 3 rings (SSSR count). The minimum Gasteiger partial charge on any atom is -0.324 e. The molecule has 0 amide bonds. The summed E-state index contributed by atoms with van der Waals surface area (Å²) in [6.07, 6.45) is 5.96. The Kier molecular flexibility index (Phi) is 1.92. The van der Waals surface area contributed by atoms with Crippen LogP contribution in [0.4, 0.5) is 0 Å². The maximum Gasteiger partial charge on any atom is 0.0890 e. The molecule has 1 aromatic carbocycles. The zero-order valence-corrected chi connectivity index (χ0v) is 8.43. The van der Waals surface area contributed by atoms with Crippen LogP contribution in [0.1, 0.15) is 24.4 Å². The number of rotatable bonds is 2. The van der Waals surface area contributed by atoms with Gasteiger partial charge in [0, 0.05) is 18.4 Å². The number of aromatic nitrogens is 2. The molecule has 1 fully saturated rings. The van der Waals surface area contributed by atoms with E-state index in [0.29, 0.717) is 5.92 Å². The van der Waals surface area contributed by atoms with Crippen molar-refractivity contribution >= 4 is 11.0 Å². The second-order valence-electron chi connectivity index (χ2n) is 4.17. The molecule has 2 N–H and O–H groups in total. The summed E-state index contributed by atoms with van der Waals surface area (Å²) in [5.41, 5.74) is 9.20. The number of hydrogen-bond donors (Lipinski definition) is 1. The molecule has 1 unspecified atom stereocenters. The highest BCUT2D eigenvalue weighted by molar-refractivity contribution is 5.74. The molecule has 1 aromatic heterocycles. The first kappa shape index (κ1) is 8.80. The van der Waals surface area contributed by atoms with E-state index in [1.54, 1.807) is 12.4 Å². The van der Waals surface area contributed by atoms with Crippen molar-refractivity contribution in [1.29, 1.82) is 0 Å². The Morgan fingerprint density at radius 1 is 1.13 bits per heavy atom. The summed E-state index contributed by atoms with van der Waals surface area (Å²) in [7, 11) is 0. The molecule has 0 aliphatic heterocycles. The largest absolute Gasteiger partial charge is 0.324 e. The Labute approximate surface area is 88.3 Å². The molecule has 76 valence electrons. The van der Waals surface area contributed by atoms with E-state index in [4.69, 9.17) is 5.73 Å². The normalized spacial score (nSPS) is 17.9. The van der Waals surface area contributed by atoms with Gasteiger partial charge in [-0.1, -0.05) is 6.07 Å². The summed E-state index contributed by atoms with van der Waals surface area (Å²) < 4.78 is 0. The second-order valence-corrected chi connectivity index (χ2v) is 4.17. The molecular formula is C12H13N3. The van der Waals surface area contributed by atoms with Crippen LogP contribution in [0.15, 0.2) is 30.6 Å². The van der Waals surface area contributed by atoms with Crippen molar-refractivity contribution in [3.05, 3.63) is 36.2 Å². The minimum atomic E-state index is 0.177. The molecule has 0 radical (unpaired) electrons. The molecule has 1 aliphatic carbocycles. The summed E-state index contributed by atoms with van der Waals surface area (Å²) in [5, 5.41) is 0. The first-order valence-electron chi connectivity index (χ1n) is 5.31. The van der Waals surface area contributed by atoms with E-state index in [1.807, 2.05) is 6.07 Å². The molecule has 0 bridgehead atoms. The summed E-state index contributed by atoms with van der Waals surface area (Å²) >= 11 is 0. The maximum absolute atomic E-state index is 6.14. The van der Waals surface area contributed by atoms with Crippen LogP contribution in [-0.4, -0.2) is 9.97 Å². The van der Waals surface area contributed by atoms with Crippen molar-refractivity contribution in [3.8, 4) is 0 Å². The van der Waals surface area contributed by atoms with Crippen molar-refractivity contribution in [2.24, 2.45) is 11.7 Å². The molecule has 1 heterocycles. The third kappa shape index (κ3) is 1.59. The van der Waals surface area contributed by atoms with E-state index in [9.17, 15) is 0 Å². The molecule has 1 saturated carbocycles. The van der Waals surface area contributed by atoms with E-state index in [1.165, 1.54) is 18.4 Å². The van der Waals surface area contributed by atoms with Crippen LogP contribution in [0, 0.1) is 5.92 Å². The lowest BCUT2D eigenvalue weighted by atomic mass is 10.0. The molecule has 2 aromatic rings. The smallest absolute Gasteiger partial charge is 0.0890 e. The van der Waals surface area contributed by atoms with Crippen molar-refractivity contribution in [2.75, 3.05) is 0 Å². The van der Waals surface area contributed by atoms with Crippen molar-refractivity contribution in [2.45, 2.75) is 18.9 Å². The molecular weight excluding hydrogens is 186 g/mol. The number of nitrogens with zero attached hydrogens (tertiary/aromatic N) is 2. The molecule has 0 spiro atoms. The first-order valence-corrected chi connectivity index (χ1v) is 5.31. The monoisotopic (exact) mass is 199 g/mol. The van der Waals surface area contributed by atoms with Crippen LogP contribution < -0.4 is 5.73 Å². The lowest BCUT2D eigenvalue weighted by Gasteiger charge is -2.10. The number of nitrogens with two attached hydrogens (primary N) is 1. The van der Waals surface area contributed by atoms with Gasteiger partial charge in [-0.05, 0) is 36.5 Å². The Hall–Kier alpha value is -1.48. The minimum absolute atomic E-state index is 0.177. The van der Waals surface area contributed by atoms with Crippen molar-refractivity contribution in [3.63, 3.8) is 0 Å². The lowest BCUT2D eigenvalue weighted by molar-refractivity contribution is 0.634. The van der Waals surface area contributed by atoms with Gasteiger partial charge in [0.2, 0.25) is 0 Å². The fourth-order valence-electron chi connectivity index (χ4n) is 1.92. The highest BCUT2D eigenvalue weighted by atomic mass is 14.8. The predicted molar refractivity (Wildman–Crippen MR) is 59.2 cm³/mol. The second kappa shape index (κ2) is 3.28. The lowest BCUT2D eigenvalue weighted by Crippen LogP contribution is -2.12. The average molecular weight is 199 g/mol. The molecule has 3 nitrogen and oxygen atoms in total. The van der Waals surface area contributed by atoms with Crippen LogP contribution in [-0.2, 0) is 0 Å². The molecule has 3 heteroatoms. The van der Waals surface area contributed by atoms with Crippen LogP contribution in [0.2, 0.25) is 0 Å².